The second-order valence-electron chi connectivity index (χ2n) is 2.03. The van der Waals surface area contributed by atoms with Gasteiger partial charge >= 0.3 is 0 Å². The molecule has 0 heterocycles. The molecule has 0 aromatic carbocycles. The SMILES string of the molecule is CC(C)=C/C=C/CC#N. The highest BCUT2D eigenvalue weighted by Crippen LogP contribution is 1.89. The lowest BCUT2D eigenvalue weighted by atomic mass is 10.3. The molecule has 0 aliphatic rings. The summed E-state index contributed by atoms with van der Waals surface area (Å²) >= 11 is 0. The molecule has 0 rings (SSSR count). The molecule has 1 heteroatoms. The molecule has 0 bridgehead atoms. The van der Waals surface area contributed by atoms with Crippen molar-refractivity contribution < 1.29 is 0 Å². The van der Waals surface area contributed by atoms with Crippen LogP contribution in [0.25, 0.3) is 0 Å². The fourth-order valence-electron chi connectivity index (χ4n) is 0.381. The summed E-state index contributed by atoms with van der Waals surface area (Å²) in [4.78, 5) is 0. The first kappa shape index (κ1) is 7.97. The molecular formula is C8H11N. The van der Waals surface area contributed by atoms with E-state index < -0.39 is 0 Å². The third-order valence-electron chi connectivity index (χ3n) is 0.775. The second-order valence-corrected chi connectivity index (χ2v) is 2.03. The third kappa shape index (κ3) is 6.97. The van der Waals surface area contributed by atoms with E-state index in [1.54, 1.807) is 0 Å². The molecule has 48 valence electrons. The zero-order chi connectivity index (χ0) is 7.11. The minimum atomic E-state index is 0.504. The minimum absolute atomic E-state index is 0.504. The average molecular weight is 121 g/mol. The van der Waals surface area contributed by atoms with Gasteiger partial charge in [-0.25, -0.2) is 0 Å². The molecule has 0 aromatic rings. The Morgan fingerprint density at radius 3 is 2.67 bits per heavy atom. The molecule has 0 aliphatic heterocycles. The van der Waals surface area contributed by atoms with Gasteiger partial charge in [0.1, 0.15) is 0 Å². The van der Waals surface area contributed by atoms with Gasteiger partial charge in [-0.05, 0) is 13.8 Å². The standard InChI is InChI=1S/C8H11N/c1-8(2)6-4-3-5-7-9/h3-4,6H,5H2,1-2H3/b4-3+. The van der Waals surface area contributed by atoms with E-state index in [1.165, 1.54) is 5.57 Å². The van der Waals surface area contributed by atoms with Gasteiger partial charge in [0.2, 0.25) is 0 Å². The molecular weight excluding hydrogens is 110 g/mol. The lowest BCUT2D eigenvalue weighted by molar-refractivity contribution is 1.34. The molecule has 0 saturated heterocycles. The Morgan fingerprint density at radius 1 is 1.56 bits per heavy atom. The van der Waals surface area contributed by atoms with Crippen molar-refractivity contribution in [2.24, 2.45) is 0 Å². The van der Waals surface area contributed by atoms with E-state index in [2.05, 4.69) is 0 Å². The Kier molecular flexibility index (Phi) is 4.53. The van der Waals surface area contributed by atoms with Crippen LogP contribution in [-0.4, -0.2) is 0 Å². The Bertz CT molecular complexity index is 154. The molecule has 0 N–H and O–H groups in total. The van der Waals surface area contributed by atoms with E-state index in [0.717, 1.165) is 0 Å². The van der Waals surface area contributed by atoms with E-state index in [1.807, 2.05) is 38.1 Å². The number of allylic oxidation sites excluding steroid dienone is 4. The first-order valence-electron chi connectivity index (χ1n) is 2.94. The smallest absolute Gasteiger partial charge is 0.0663 e. The van der Waals surface area contributed by atoms with Gasteiger partial charge in [0, 0.05) is 0 Å². The van der Waals surface area contributed by atoms with Gasteiger partial charge in [0.05, 0.1) is 12.5 Å². The summed E-state index contributed by atoms with van der Waals surface area (Å²) in [6, 6.07) is 2.03. The molecule has 0 saturated carbocycles. The normalized spacial score (nSPS) is 9.00. The zero-order valence-electron chi connectivity index (χ0n) is 5.89. The number of rotatable bonds is 2. The van der Waals surface area contributed by atoms with Gasteiger partial charge in [-0.15, -0.1) is 0 Å². The van der Waals surface area contributed by atoms with E-state index >= 15 is 0 Å². The van der Waals surface area contributed by atoms with Crippen molar-refractivity contribution in [1.82, 2.24) is 0 Å². The van der Waals surface area contributed by atoms with Crippen LogP contribution in [0, 0.1) is 11.3 Å². The Balaban J connectivity index is 3.51. The van der Waals surface area contributed by atoms with Crippen molar-refractivity contribution in [3.8, 4) is 6.07 Å². The summed E-state index contributed by atoms with van der Waals surface area (Å²) in [5.41, 5.74) is 1.25. The van der Waals surface area contributed by atoms with Gasteiger partial charge in [-0.2, -0.15) is 5.26 Å². The molecule has 9 heavy (non-hydrogen) atoms. The first-order valence-corrected chi connectivity index (χ1v) is 2.94. The van der Waals surface area contributed by atoms with Crippen LogP contribution in [0.15, 0.2) is 23.8 Å². The van der Waals surface area contributed by atoms with E-state index in [0.29, 0.717) is 6.42 Å². The summed E-state index contributed by atoms with van der Waals surface area (Å²) in [6.07, 6.45) is 6.23. The number of hydrogen-bond acceptors (Lipinski definition) is 1. The van der Waals surface area contributed by atoms with Gasteiger partial charge in [0.25, 0.3) is 0 Å². The van der Waals surface area contributed by atoms with Gasteiger partial charge in [-0.3, -0.25) is 0 Å². The first-order chi connectivity index (χ1) is 4.27. The Morgan fingerprint density at radius 2 is 2.22 bits per heavy atom. The van der Waals surface area contributed by atoms with Crippen LogP contribution in [0.2, 0.25) is 0 Å². The summed E-state index contributed by atoms with van der Waals surface area (Å²) in [6.45, 7) is 4.05. The van der Waals surface area contributed by atoms with E-state index in [4.69, 9.17) is 5.26 Å². The molecule has 1 nitrogen and oxygen atoms in total. The number of hydrogen-bond donors (Lipinski definition) is 0. The zero-order valence-corrected chi connectivity index (χ0v) is 5.89. The highest BCUT2D eigenvalue weighted by atomic mass is 14.2. The monoisotopic (exact) mass is 121 g/mol. The van der Waals surface area contributed by atoms with Crippen molar-refractivity contribution in [2.75, 3.05) is 0 Å². The van der Waals surface area contributed by atoms with Gasteiger partial charge < -0.3 is 0 Å². The maximum atomic E-state index is 8.11. The highest BCUT2D eigenvalue weighted by molar-refractivity contribution is 5.09. The van der Waals surface area contributed by atoms with Crippen molar-refractivity contribution in [1.29, 1.82) is 5.26 Å². The van der Waals surface area contributed by atoms with Crippen molar-refractivity contribution in [2.45, 2.75) is 20.3 Å². The highest BCUT2D eigenvalue weighted by Gasteiger charge is 1.70. The second kappa shape index (κ2) is 5.11. The molecule has 0 spiro atoms. The molecule has 0 atom stereocenters. The largest absolute Gasteiger partial charge is 0.198 e. The third-order valence-corrected chi connectivity index (χ3v) is 0.775. The molecule has 0 radical (unpaired) electrons. The topological polar surface area (TPSA) is 23.8 Å². The summed E-state index contributed by atoms with van der Waals surface area (Å²) in [5, 5.41) is 8.11. The quantitative estimate of drug-likeness (QED) is 0.515. The lowest BCUT2D eigenvalue weighted by Crippen LogP contribution is -1.59. The van der Waals surface area contributed by atoms with Crippen LogP contribution in [0.1, 0.15) is 20.3 Å². The predicted octanol–water partition coefficient (Wildman–Crippen LogP) is 2.42. The van der Waals surface area contributed by atoms with Gasteiger partial charge in [0.15, 0.2) is 0 Å². The molecule has 0 unspecified atom stereocenters. The van der Waals surface area contributed by atoms with E-state index in [9.17, 15) is 0 Å². The average Bonchev–Trinajstić information content (AvgIpc) is 1.80. The van der Waals surface area contributed by atoms with Crippen LogP contribution < -0.4 is 0 Å². The van der Waals surface area contributed by atoms with Crippen molar-refractivity contribution in [3.63, 3.8) is 0 Å². The lowest BCUT2D eigenvalue weighted by Gasteiger charge is -1.79. The van der Waals surface area contributed by atoms with Crippen molar-refractivity contribution in [3.05, 3.63) is 23.8 Å². The van der Waals surface area contributed by atoms with E-state index in [-0.39, 0.29) is 0 Å². The van der Waals surface area contributed by atoms with Crippen LogP contribution in [0.5, 0.6) is 0 Å². The van der Waals surface area contributed by atoms with Crippen LogP contribution in [0.3, 0.4) is 0 Å². The molecule has 0 amide bonds. The van der Waals surface area contributed by atoms with Gasteiger partial charge in [-0.1, -0.05) is 23.8 Å². The van der Waals surface area contributed by atoms with Crippen LogP contribution >= 0.6 is 0 Å². The predicted molar refractivity (Wildman–Crippen MR) is 38.8 cm³/mol. The maximum Gasteiger partial charge on any atom is 0.0663 e. The Hall–Kier alpha value is -1.03. The van der Waals surface area contributed by atoms with Crippen LogP contribution in [-0.2, 0) is 0 Å². The van der Waals surface area contributed by atoms with Crippen LogP contribution in [0.4, 0.5) is 0 Å². The Labute approximate surface area is 56.3 Å². The molecule has 0 aliphatic carbocycles. The molecule has 0 fully saturated rings. The fraction of sp³-hybridized carbons (Fsp3) is 0.375. The summed E-state index contributed by atoms with van der Waals surface area (Å²) in [5.74, 6) is 0. The number of nitriles is 1. The van der Waals surface area contributed by atoms with Crippen molar-refractivity contribution >= 4 is 0 Å². The fourth-order valence-corrected chi connectivity index (χ4v) is 0.381. The minimum Gasteiger partial charge on any atom is -0.198 e. The summed E-state index contributed by atoms with van der Waals surface area (Å²) in [7, 11) is 0. The maximum absolute atomic E-state index is 8.11. The summed E-state index contributed by atoms with van der Waals surface area (Å²) < 4.78 is 0. The molecule has 0 aromatic heterocycles. The number of nitrogens with zero attached hydrogens (tertiary/aromatic N) is 1.